The van der Waals surface area contributed by atoms with E-state index in [-0.39, 0.29) is 0 Å². The van der Waals surface area contributed by atoms with E-state index in [1.54, 1.807) is 0 Å². The summed E-state index contributed by atoms with van der Waals surface area (Å²) in [6, 6.07) is 58.8. The van der Waals surface area contributed by atoms with Crippen molar-refractivity contribution in [1.82, 2.24) is 9.13 Å². The van der Waals surface area contributed by atoms with Gasteiger partial charge in [0.05, 0.1) is 44.6 Å². The number of nitrogens with zero attached hydrogens (tertiary/aromatic N) is 4. The van der Waals surface area contributed by atoms with Gasteiger partial charge in [-0.25, -0.2) is 0 Å². The van der Waals surface area contributed by atoms with Gasteiger partial charge in [0, 0.05) is 43.1 Å². The van der Waals surface area contributed by atoms with Crippen molar-refractivity contribution < 1.29 is 8.83 Å². The Morgan fingerprint density at radius 2 is 0.776 bits per heavy atom. The second kappa shape index (κ2) is 11.1. The minimum absolute atomic E-state index is 0.418. The van der Waals surface area contributed by atoms with Crippen molar-refractivity contribution in [2.45, 2.75) is 0 Å². The highest BCUT2D eigenvalue weighted by molar-refractivity contribution is 6.29. The molecule has 6 nitrogen and oxygen atoms in total. The van der Waals surface area contributed by atoms with E-state index in [0.717, 1.165) is 109 Å². The van der Waals surface area contributed by atoms with E-state index >= 15 is 0 Å². The normalized spacial score (nSPS) is 12.1. The molecule has 9 aromatic carbocycles. The second-order valence-electron chi connectivity index (χ2n) is 15.0. The Labute approximate surface area is 328 Å². The molecule has 0 amide bonds. The van der Waals surface area contributed by atoms with E-state index < -0.39 is 0 Å². The third-order valence-corrected chi connectivity index (χ3v) is 12.2. The van der Waals surface area contributed by atoms with Crippen LogP contribution in [0.4, 0.5) is 0 Å². The van der Waals surface area contributed by atoms with Crippen molar-refractivity contribution in [1.29, 1.82) is 10.5 Å². The van der Waals surface area contributed by atoms with Crippen LogP contribution in [0.15, 0.2) is 167 Å². The highest BCUT2D eigenvalue weighted by Gasteiger charge is 2.26. The molecule has 58 heavy (non-hydrogen) atoms. The standard InChI is InChI=1S/C52H26N4O2/c53-27-31-26-44(56-42-24-18-30-10-2-4-12-34(30)48(42)40-22-20-38-36-14-6-8-16-46(36)58-52(38)50(40)56)32(28-54)25-43(31)55-41-23-17-29-9-1-3-11-33(29)47(41)39-21-19-37-35-13-5-7-15-45(35)57-51(37)49(39)55/h1-26H. The molecule has 0 unspecified atom stereocenters. The summed E-state index contributed by atoms with van der Waals surface area (Å²) in [7, 11) is 0. The monoisotopic (exact) mass is 738 g/mol. The van der Waals surface area contributed by atoms with Gasteiger partial charge in [-0.3, -0.25) is 0 Å². The SMILES string of the molecule is N#Cc1cc(-n2c3ccc4ccccc4c3c3ccc4c5ccccc5oc4c32)c(C#N)cc1-n1c2ccc3ccccc3c2c2ccc3c4ccccc4oc3c21. The van der Waals surface area contributed by atoms with Crippen molar-refractivity contribution in [3.63, 3.8) is 0 Å². The molecule has 0 bridgehead atoms. The molecule has 0 spiro atoms. The molecular formula is C52H26N4O2. The first-order chi connectivity index (χ1) is 28.7. The molecule has 4 aromatic heterocycles. The lowest BCUT2D eigenvalue weighted by Gasteiger charge is -2.16. The number of aromatic nitrogens is 2. The Hall–Kier alpha value is -8.32. The third kappa shape index (κ3) is 3.88. The number of para-hydroxylation sites is 2. The predicted molar refractivity (Wildman–Crippen MR) is 234 cm³/mol. The zero-order chi connectivity index (χ0) is 38.2. The summed E-state index contributed by atoms with van der Waals surface area (Å²) in [4.78, 5) is 0. The lowest BCUT2D eigenvalue weighted by Crippen LogP contribution is -2.04. The Morgan fingerprint density at radius 3 is 1.22 bits per heavy atom. The topological polar surface area (TPSA) is 83.7 Å². The van der Waals surface area contributed by atoms with Crippen LogP contribution in [-0.2, 0) is 0 Å². The number of rotatable bonds is 2. The third-order valence-electron chi connectivity index (χ3n) is 12.2. The molecule has 0 atom stereocenters. The maximum Gasteiger partial charge on any atom is 0.160 e. The van der Waals surface area contributed by atoms with Gasteiger partial charge >= 0.3 is 0 Å². The molecule has 13 aromatic rings. The van der Waals surface area contributed by atoms with Gasteiger partial charge in [0.25, 0.3) is 0 Å². The highest BCUT2D eigenvalue weighted by Crippen LogP contribution is 2.46. The van der Waals surface area contributed by atoms with Crippen molar-refractivity contribution in [2.75, 3.05) is 0 Å². The molecule has 6 heteroatoms. The number of furan rings is 2. The van der Waals surface area contributed by atoms with Crippen LogP contribution >= 0.6 is 0 Å². The molecule has 0 radical (unpaired) electrons. The van der Waals surface area contributed by atoms with E-state index in [1.165, 1.54) is 0 Å². The zero-order valence-corrected chi connectivity index (χ0v) is 30.6. The molecule has 0 saturated heterocycles. The first-order valence-corrected chi connectivity index (χ1v) is 19.2. The molecule has 13 rings (SSSR count). The number of fused-ring (bicyclic) bond motifs is 18. The summed E-state index contributed by atoms with van der Waals surface area (Å²) in [6.07, 6.45) is 0. The van der Waals surface area contributed by atoms with Gasteiger partial charge in [-0.15, -0.1) is 0 Å². The van der Waals surface area contributed by atoms with E-state index in [1.807, 2.05) is 60.7 Å². The van der Waals surface area contributed by atoms with Crippen LogP contribution in [0.1, 0.15) is 11.1 Å². The fourth-order valence-electron chi connectivity index (χ4n) is 9.72. The number of nitriles is 2. The summed E-state index contributed by atoms with van der Waals surface area (Å²) in [5.74, 6) is 0. The second-order valence-corrected chi connectivity index (χ2v) is 15.0. The molecule has 0 aliphatic rings. The van der Waals surface area contributed by atoms with Gasteiger partial charge < -0.3 is 18.0 Å². The summed E-state index contributed by atoms with van der Waals surface area (Å²) in [5, 5.41) is 34.9. The van der Waals surface area contributed by atoms with E-state index in [4.69, 9.17) is 8.83 Å². The molecule has 4 heterocycles. The molecular weight excluding hydrogens is 713 g/mol. The van der Waals surface area contributed by atoms with Crippen molar-refractivity contribution in [3.8, 4) is 23.5 Å². The van der Waals surface area contributed by atoms with Crippen LogP contribution in [0.2, 0.25) is 0 Å². The zero-order valence-electron chi connectivity index (χ0n) is 30.6. The van der Waals surface area contributed by atoms with Crippen LogP contribution in [-0.4, -0.2) is 9.13 Å². The number of benzene rings is 9. The Balaban J connectivity index is 1.19. The van der Waals surface area contributed by atoms with E-state index in [2.05, 4.69) is 118 Å². The molecule has 0 aliphatic carbocycles. The smallest absolute Gasteiger partial charge is 0.160 e. The predicted octanol–water partition coefficient (Wildman–Crippen LogP) is 13.7. The van der Waals surface area contributed by atoms with E-state index in [0.29, 0.717) is 22.5 Å². The Morgan fingerprint density at radius 1 is 0.379 bits per heavy atom. The van der Waals surface area contributed by atoms with Gasteiger partial charge in [-0.2, -0.15) is 10.5 Å². The molecule has 0 fully saturated rings. The van der Waals surface area contributed by atoms with Crippen LogP contribution < -0.4 is 0 Å². The van der Waals surface area contributed by atoms with Gasteiger partial charge in [-0.05, 0) is 70.1 Å². The molecule has 0 N–H and O–H groups in total. The van der Waals surface area contributed by atoms with Gasteiger partial charge in [0.1, 0.15) is 23.3 Å². The maximum absolute atomic E-state index is 11.2. The molecule has 0 saturated carbocycles. The Bertz CT molecular complexity index is 3800. The van der Waals surface area contributed by atoms with Crippen molar-refractivity contribution >= 4 is 109 Å². The van der Waals surface area contributed by atoms with Crippen molar-refractivity contribution in [3.05, 3.63) is 169 Å². The Kier molecular flexibility index (Phi) is 5.94. The van der Waals surface area contributed by atoms with Crippen LogP contribution in [0.25, 0.3) is 120 Å². The highest BCUT2D eigenvalue weighted by atomic mass is 16.3. The lowest BCUT2D eigenvalue weighted by atomic mass is 10.0. The largest absolute Gasteiger partial charge is 0.454 e. The molecule has 0 aliphatic heterocycles. The average Bonchev–Trinajstić information content (AvgIpc) is 4.03. The summed E-state index contributed by atoms with van der Waals surface area (Å²) in [5.41, 5.74) is 8.61. The number of hydrogen-bond acceptors (Lipinski definition) is 4. The quantitative estimate of drug-likeness (QED) is 0.177. The van der Waals surface area contributed by atoms with E-state index in [9.17, 15) is 10.5 Å². The van der Waals surface area contributed by atoms with Crippen LogP contribution in [0.5, 0.6) is 0 Å². The van der Waals surface area contributed by atoms with Crippen LogP contribution in [0.3, 0.4) is 0 Å². The fraction of sp³-hybridized carbons (Fsp3) is 0. The number of hydrogen-bond donors (Lipinski definition) is 0. The first-order valence-electron chi connectivity index (χ1n) is 19.2. The molecule has 266 valence electrons. The minimum atomic E-state index is 0.418. The summed E-state index contributed by atoms with van der Waals surface area (Å²) < 4.78 is 17.6. The van der Waals surface area contributed by atoms with Crippen molar-refractivity contribution in [2.24, 2.45) is 0 Å². The van der Waals surface area contributed by atoms with Gasteiger partial charge in [0.15, 0.2) is 11.2 Å². The first kappa shape index (κ1) is 30.9. The lowest BCUT2D eigenvalue weighted by molar-refractivity contribution is 0.670. The van der Waals surface area contributed by atoms with Crippen LogP contribution in [0, 0.1) is 22.7 Å². The van der Waals surface area contributed by atoms with Gasteiger partial charge in [0.2, 0.25) is 0 Å². The minimum Gasteiger partial charge on any atom is -0.454 e. The maximum atomic E-state index is 11.2. The van der Waals surface area contributed by atoms with Gasteiger partial charge in [-0.1, -0.05) is 109 Å². The summed E-state index contributed by atoms with van der Waals surface area (Å²) in [6.45, 7) is 0. The fourth-order valence-corrected chi connectivity index (χ4v) is 9.72. The summed E-state index contributed by atoms with van der Waals surface area (Å²) >= 11 is 0. The average molecular weight is 739 g/mol.